The Morgan fingerprint density at radius 1 is 1.03 bits per heavy atom. The van der Waals surface area contributed by atoms with Gasteiger partial charge in [0.15, 0.2) is 0 Å². The number of aromatic nitrogens is 2. The van der Waals surface area contributed by atoms with E-state index in [0.717, 1.165) is 22.2 Å². The highest BCUT2D eigenvalue weighted by Crippen LogP contribution is 2.21. The van der Waals surface area contributed by atoms with Crippen molar-refractivity contribution >= 4 is 22.8 Å². The molecule has 3 aromatic carbocycles. The average Bonchev–Trinajstić information content (AvgIpc) is 3.17. The predicted molar refractivity (Wildman–Crippen MR) is 125 cm³/mol. The van der Waals surface area contributed by atoms with Gasteiger partial charge in [-0.15, -0.1) is 0 Å². The first-order valence-electron chi connectivity index (χ1n) is 10.7. The summed E-state index contributed by atoms with van der Waals surface area (Å²) in [7, 11) is 0. The van der Waals surface area contributed by atoms with Gasteiger partial charge in [0.2, 0.25) is 5.91 Å². The second kappa shape index (κ2) is 9.65. The number of carbonyl (C=O) groups excluding carboxylic acids is 2. The molecule has 33 heavy (non-hydrogen) atoms. The summed E-state index contributed by atoms with van der Waals surface area (Å²) in [5, 5.41) is 5.85. The SMILES string of the molecule is Cc1cccc(C(=O)NC(C)c2nc3ccccc3n2CC(=O)NCc2ccc(F)cc2)c1. The van der Waals surface area contributed by atoms with Crippen molar-refractivity contribution in [1.82, 2.24) is 20.2 Å². The minimum atomic E-state index is -0.421. The molecule has 1 atom stereocenters. The summed E-state index contributed by atoms with van der Waals surface area (Å²) in [6.07, 6.45) is 0. The highest BCUT2D eigenvalue weighted by Gasteiger charge is 2.20. The van der Waals surface area contributed by atoms with Crippen LogP contribution < -0.4 is 10.6 Å². The summed E-state index contributed by atoms with van der Waals surface area (Å²) in [4.78, 5) is 30.2. The van der Waals surface area contributed by atoms with Crippen molar-refractivity contribution < 1.29 is 14.0 Å². The molecule has 6 nitrogen and oxygen atoms in total. The lowest BCUT2D eigenvalue weighted by Gasteiger charge is -2.16. The highest BCUT2D eigenvalue weighted by molar-refractivity contribution is 5.94. The summed E-state index contributed by atoms with van der Waals surface area (Å²) in [5.74, 6) is -0.137. The van der Waals surface area contributed by atoms with Gasteiger partial charge in [-0.05, 0) is 55.8 Å². The van der Waals surface area contributed by atoms with Crippen molar-refractivity contribution in [3.05, 3.63) is 101 Å². The van der Waals surface area contributed by atoms with Crippen LogP contribution in [0.15, 0.2) is 72.8 Å². The lowest BCUT2D eigenvalue weighted by atomic mass is 10.1. The van der Waals surface area contributed by atoms with Gasteiger partial charge < -0.3 is 15.2 Å². The van der Waals surface area contributed by atoms with E-state index in [9.17, 15) is 14.0 Å². The molecule has 0 aliphatic heterocycles. The number of nitrogens with zero attached hydrogens (tertiary/aromatic N) is 2. The summed E-state index contributed by atoms with van der Waals surface area (Å²) in [5.41, 5.74) is 3.93. The Hall–Kier alpha value is -4.00. The molecule has 0 fully saturated rings. The fourth-order valence-corrected chi connectivity index (χ4v) is 3.72. The van der Waals surface area contributed by atoms with Crippen LogP contribution in [-0.4, -0.2) is 21.4 Å². The van der Waals surface area contributed by atoms with Crippen molar-refractivity contribution in [2.75, 3.05) is 0 Å². The molecule has 1 unspecified atom stereocenters. The molecule has 7 heteroatoms. The lowest BCUT2D eigenvalue weighted by molar-refractivity contribution is -0.121. The average molecular weight is 445 g/mol. The van der Waals surface area contributed by atoms with Crippen LogP contribution >= 0.6 is 0 Å². The molecule has 168 valence electrons. The summed E-state index contributed by atoms with van der Waals surface area (Å²) in [6.45, 7) is 4.12. The maximum absolute atomic E-state index is 13.1. The molecular formula is C26H25FN4O2. The molecule has 4 aromatic rings. The smallest absolute Gasteiger partial charge is 0.251 e. The number of benzene rings is 3. The van der Waals surface area contributed by atoms with Gasteiger partial charge in [-0.2, -0.15) is 0 Å². The fraction of sp³-hybridized carbons (Fsp3) is 0.192. The van der Waals surface area contributed by atoms with Gasteiger partial charge in [-0.3, -0.25) is 9.59 Å². The van der Waals surface area contributed by atoms with Gasteiger partial charge in [-0.1, -0.05) is 42.0 Å². The Kier molecular flexibility index (Phi) is 6.49. The molecule has 0 aliphatic rings. The van der Waals surface area contributed by atoms with Crippen LogP contribution in [0.2, 0.25) is 0 Å². The normalized spacial score (nSPS) is 11.8. The first-order valence-corrected chi connectivity index (χ1v) is 10.7. The molecule has 0 bridgehead atoms. The molecule has 2 amide bonds. The van der Waals surface area contributed by atoms with Crippen molar-refractivity contribution in [1.29, 1.82) is 0 Å². The topological polar surface area (TPSA) is 76.0 Å². The predicted octanol–water partition coefficient (Wildman–Crippen LogP) is 4.29. The maximum Gasteiger partial charge on any atom is 0.251 e. The second-order valence-electron chi connectivity index (χ2n) is 8.01. The number of imidazole rings is 1. The Labute approximate surface area is 191 Å². The zero-order valence-corrected chi connectivity index (χ0v) is 18.5. The molecule has 1 heterocycles. The zero-order chi connectivity index (χ0) is 23.4. The van der Waals surface area contributed by atoms with Crippen LogP contribution in [0.3, 0.4) is 0 Å². The van der Waals surface area contributed by atoms with E-state index < -0.39 is 6.04 Å². The molecule has 2 N–H and O–H groups in total. The van der Waals surface area contributed by atoms with E-state index >= 15 is 0 Å². The number of carbonyl (C=O) groups is 2. The van der Waals surface area contributed by atoms with E-state index in [-0.39, 0.29) is 24.2 Å². The second-order valence-corrected chi connectivity index (χ2v) is 8.01. The fourth-order valence-electron chi connectivity index (χ4n) is 3.72. The molecule has 0 aliphatic carbocycles. The highest BCUT2D eigenvalue weighted by atomic mass is 19.1. The van der Waals surface area contributed by atoms with Gasteiger partial charge in [0.05, 0.1) is 17.1 Å². The third kappa shape index (κ3) is 5.26. The lowest BCUT2D eigenvalue weighted by Crippen LogP contribution is -2.31. The number of amides is 2. The van der Waals surface area contributed by atoms with E-state index in [1.807, 2.05) is 60.9 Å². The molecule has 4 rings (SSSR count). The Bertz CT molecular complexity index is 1300. The van der Waals surface area contributed by atoms with Crippen molar-refractivity contribution in [2.45, 2.75) is 33.0 Å². The van der Waals surface area contributed by atoms with E-state index in [1.165, 1.54) is 12.1 Å². The monoisotopic (exact) mass is 444 g/mol. The number of rotatable bonds is 7. The Morgan fingerprint density at radius 3 is 2.55 bits per heavy atom. The Morgan fingerprint density at radius 2 is 1.79 bits per heavy atom. The largest absolute Gasteiger partial charge is 0.350 e. The van der Waals surface area contributed by atoms with E-state index in [2.05, 4.69) is 15.6 Å². The number of halogens is 1. The molecule has 0 saturated heterocycles. The molecule has 0 radical (unpaired) electrons. The van der Waals surface area contributed by atoms with E-state index in [4.69, 9.17) is 0 Å². The van der Waals surface area contributed by atoms with Crippen LogP contribution in [0, 0.1) is 12.7 Å². The van der Waals surface area contributed by atoms with Gasteiger partial charge in [-0.25, -0.2) is 9.37 Å². The van der Waals surface area contributed by atoms with Crippen LogP contribution in [0.4, 0.5) is 4.39 Å². The minimum Gasteiger partial charge on any atom is -0.350 e. The number of hydrogen-bond donors (Lipinski definition) is 2. The first kappa shape index (κ1) is 22.2. The number of fused-ring (bicyclic) bond motifs is 1. The van der Waals surface area contributed by atoms with Crippen LogP contribution in [0.5, 0.6) is 0 Å². The van der Waals surface area contributed by atoms with Gasteiger partial charge in [0, 0.05) is 12.1 Å². The van der Waals surface area contributed by atoms with Gasteiger partial charge in [0.25, 0.3) is 5.91 Å². The van der Waals surface area contributed by atoms with Gasteiger partial charge in [0.1, 0.15) is 18.2 Å². The van der Waals surface area contributed by atoms with Crippen molar-refractivity contribution in [3.63, 3.8) is 0 Å². The van der Waals surface area contributed by atoms with Crippen LogP contribution in [0.25, 0.3) is 11.0 Å². The van der Waals surface area contributed by atoms with Crippen molar-refractivity contribution in [2.24, 2.45) is 0 Å². The number of hydrogen-bond acceptors (Lipinski definition) is 3. The van der Waals surface area contributed by atoms with E-state index in [1.54, 1.807) is 18.2 Å². The molecule has 0 saturated carbocycles. The summed E-state index contributed by atoms with van der Waals surface area (Å²) in [6, 6.07) is 20.5. The first-order chi connectivity index (χ1) is 15.9. The number of para-hydroxylation sites is 2. The third-order valence-corrected chi connectivity index (χ3v) is 5.40. The number of aryl methyl sites for hydroxylation is 1. The quantitative estimate of drug-likeness (QED) is 0.447. The third-order valence-electron chi connectivity index (χ3n) is 5.40. The van der Waals surface area contributed by atoms with Crippen LogP contribution in [-0.2, 0) is 17.9 Å². The molecular weight excluding hydrogens is 419 g/mol. The van der Waals surface area contributed by atoms with E-state index in [0.29, 0.717) is 17.9 Å². The Balaban J connectivity index is 1.53. The standard InChI is InChI=1S/C26H25FN4O2/c1-17-6-5-7-20(14-17)26(33)29-18(2)25-30-22-8-3-4-9-23(22)31(25)16-24(32)28-15-19-10-12-21(27)13-11-19/h3-14,18H,15-16H2,1-2H3,(H,28,32)(H,29,33). The van der Waals surface area contributed by atoms with Crippen LogP contribution in [0.1, 0.15) is 40.3 Å². The molecule has 0 spiro atoms. The maximum atomic E-state index is 13.1. The van der Waals surface area contributed by atoms with Crippen molar-refractivity contribution in [3.8, 4) is 0 Å². The van der Waals surface area contributed by atoms with Gasteiger partial charge >= 0.3 is 0 Å². The summed E-state index contributed by atoms with van der Waals surface area (Å²) >= 11 is 0. The summed E-state index contributed by atoms with van der Waals surface area (Å²) < 4.78 is 14.9. The zero-order valence-electron chi connectivity index (χ0n) is 18.5. The number of nitrogens with one attached hydrogen (secondary N) is 2. The molecule has 1 aromatic heterocycles. The minimum absolute atomic E-state index is 0.0434.